The van der Waals surface area contributed by atoms with Crippen LogP contribution >= 0.6 is 0 Å². The van der Waals surface area contributed by atoms with E-state index in [1.807, 2.05) is 42.5 Å². The summed E-state index contributed by atoms with van der Waals surface area (Å²) < 4.78 is 10.8. The summed E-state index contributed by atoms with van der Waals surface area (Å²) in [6.07, 6.45) is 5.51. The van der Waals surface area contributed by atoms with Gasteiger partial charge in [0.05, 0.1) is 17.5 Å². The molecule has 0 radical (unpaired) electrons. The van der Waals surface area contributed by atoms with Gasteiger partial charge in [0.1, 0.15) is 18.4 Å². The van der Waals surface area contributed by atoms with Crippen molar-refractivity contribution >= 4 is 5.97 Å². The van der Waals surface area contributed by atoms with Gasteiger partial charge in [-0.15, -0.1) is 0 Å². The average Bonchev–Trinajstić information content (AvgIpc) is 3.19. The number of nitrogens with zero attached hydrogens (tertiary/aromatic N) is 1. The normalized spacial score (nSPS) is 20.3. The third-order valence-electron chi connectivity index (χ3n) is 4.03. The lowest BCUT2D eigenvalue weighted by Gasteiger charge is -2.33. The Balaban J connectivity index is 1.72. The van der Waals surface area contributed by atoms with Crippen LogP contribution in [0, 0.1) is 0 Å². The second-order valence-corrected chi connectivity index (χ2v) is 5.37. The van der Waals surface area contributed by atoms with Crippen molar-refractivity contribution in [1.82, 2.24) is 4.90 Å². The number of carbonyl (C=O) groups excluding carboxylic acids is 1. The lowest BCUT2D eigenvalue weighted by molar-refractivity contribution is -0.135. The molecule has 1 unspecified atom stereocenters. The van der Waals surface area contributed by atoms with Crippen molar-refractivity contribution in [3.05, 3.63) is 83.5 Å². The van der Waals surface area contributed by atoms with Gasteiger partial charge in [-0.2, -0.15) is 0 Å². The molecule has 110 valence electrons. The van der Waals surface area contributed by atoms with E-state index in [9.17, 15) is 4.79 Å². The molecule has 0 amide bonds. The van der Waals surface area contributed by atoms with Crippen molar-refractivity contribution in [2.45, 2.75) is 12.6 Å². The standard InChI is InChI=1S/C18H15NO3/c20-18-14-8-9-15(17-7-4-10-21-17)19(16(14)12-22-18)11-13-5-2-1-3-6-13/h1-10,15H,11-12H2. The molecule has 0 saturated heterocycles. The van der Waals surface area contributed by atoms with E-state index >= 15 is 0 Å². The van der Waals surface area contributed by atoms with Gasteiger partial charge in [0, 0.05) is 6.54 Å². The Morgan fingerprint density at radius 2 is 2.00 bits per heavy atom. The van der Waals surface area contributed by atoms with E-state index in [2.05, 4.69) is 17.0 Å². The zero-order chi connectivity index (χ0) is 14.9. The van der Waals surface area contributed by atoms with Gasteiger partial charge in [-0.1, -0.05) is 36.4 Å². The highest BCUT2D eigenvalue weighted by atomic mass is 16.5. The van der Waals surface area contributed by atoms with Gasteiger partial charge in [-0.25, -0.2) is 4.79 Å². The third-order valence-corrected chi connectivity index (χ3v) is 4.03. The molecule has 2 aromatic rings. The fraction of sp³-hybridized carbons (Fsp3) is 0.167. The maximum absolute atomic E-state index is 11.8. The Morgan fingerprint density at radius 3 is 2.77 bits per heavy atom. The average molecular weight is 293 g/mol. The number of hydrogen-bond acceptors (Lipinski definition) is 4. The molecule has 0 N–H and O–H groups in total. The molecule has 0 spiro atoms. The van der Waals surface area contributed by atoms with Crippen LogP contribution in [0.2, 0.25) is 0 Å². The fourth-order valence-corrected chi connectivity index (χ4v) is 2.95. The summed E-state index contributed by atoms with van der Waals surface area (Å²) in [7, 11) is 0. The number of rotatable bonds is 3. The summed E-state index contributed by atoms with van der Waals surface area (Å²) in [6.45, 7) is 1.02. The Labute approximate surface area is 128 Å². The van der Waals surface area contributed by atoms with E-state index < -0.39 is 0 Å². The molecule has 2 aliphatic rings. The Morgan fingerprint density at radius 1 is 1.14 bits per heavy atom. The van der Waals surface area contributed by atoms with Gasteiger partial charge in [0.2, 0.25) is 0 Å². The first kappa shape index (κ1) is 13.0. The zero-order valence-corrected chi connectivity index (χ0v) is 11.9. The summed E-state index contributed by atoms with van der Waals surface area (Å²) in [5, 5.41) is 0. The highest BCUT2D eigenvalue weighted by molar-refractivity contribution is 5.95. The molecule has 4 heteroatoms. The van der Waals surface area contributed by atoms with Crippen LogP contribution in [-0.2, 0) is 16.1 Å². The van der Waals surface area contributed by atoms with E-state index in [1.165, 1.54) is 5.56 Å². The lowest BCUT2D eigenvalue weighted by atomic mass is 10.0. The summed E-state index contributed by atoms with van der Waals surface area (Å²) in [5.74, 6) is 0.611. The van der Waals surface area contributed by atoms with Crippen molar-refractivity contribution in [1.29, 1.82) is 0 Å². The number of cyclic esters (lactones) is 1. The lowest BCUT2D eigenvalue weighted by Crippen LogP contribution is -2.30. The minimum absolute atomic E-state index is 0.0246. The molecule has 1 aromatic carbocycles. The summed E-state index contributed by atoms with van der Waals surface area (Å²) in [6, 6.07) is 14.0. The molecule has 0 fully saturated rings. The van der Waals surface area contributed by atoms with Crippen LogP contribution in [0.1, 0.15) is 17.4 Å². The molecule has 1 atom stereocenters. The van der Waals surface area contributed by atoms with Gasteiger partial charge in [-0.3, -0.25) is 0 Å². The van der Waals surface area contributed by atoms with Crippen LogP contribution in [0.3, 0.4) is 0 Å². The summed E-state index contributed by atoms with van der Waals surface area (Å²) >= 11 is 0. The first-order valence-corrected chi connectivity index (χ1v) is 7.25. The number of hydrogen-bond donors (Lipinski definition) is 0. The van der Waals surface area contributed by atoms with Crippen molar-refractivity contribution in [2.24, 2.45) is 0 Å². The van der Waals surface area contributed by atoms with Crippen LogP contribution in [0.4, 0.5) is 0 Å². The predicted octanol–water partition coefficient (Wildman–Crippen LogP) is 3.20. The first-order chi connectivity index (χ1) is 10.8. The van der Waals surface area contributed by atoms with E-state index in [0.29, 0.717) is 18.7 Å². The van der Waals surface area contributed by atoms with Gasteiger partial charge in [0.15, 0.2) is 0 Å². The summed E-state index contributed by atoms with van der Waals surface area (Å²) in [5.41, 5.74) is 2.76. The van der Waals surface area contributed by atoms with Crippen molar-refractivity contribution in [3.8, 4) is 0 Å². The number of furan rings is 1. The molecule has 22 heavy (non-hydrogen) atoms. The molecule has 2 aliphatic heterocycles. The fourth-order valence-electron chi connectivity index (χ4n) is 2.95. The van der Waals surface area contributed by atoms with Crippen LogP contribution in [0.5, 0.6) is 0 Å². The quantitative estimate of drug-likeness (QED) is 0.815. The molecule has 1 aromatic heterocycles. The molecule has 3 heterocycles. The Bertz CT molecular complexity index is 744. The van der Waals surface area contributed by atoms with Gasteiger partial charge in [0.25, 0.3) is 0 Å². The van der Waals surface area contributed by atoms with E-state index in [0.717, 1.165) is 11.5 Å². The number of ether oxygens (including phenoxy) is 1. The molecule has 0 saturated carbocycles. The third kappa shape index (κ3) is 2.13. The van der Waals surface area contributed by atoms with Crippen LogP contribution in [0.25, 0.3) is 0 Å². The molecular weight excluding hydrogens is 278 g/mol. The Kier molecular flexibility index (Phi) is 3.07. The van der Waals surface area contributed by atoms with Crippen molar-refractivity contribution < 1.29 is 13.9 Å². The number of carbonyl (C=O) groups is 1. The highest BCUT2D eigenvalue weighted by Crippen LogP contribution is 2.36. The second kappa shape index (κ2) is 5.22. The molecule has 0 aliphatic carbocycles. The van der Waals surface area contributed by atoms with E-state index in [4.69, 9.17) is 9.15 Å². The second-order valence-electron chi connectivity index (χ2n) is 5.37. The molecular formula is C18H15NO3. The zero-order valence-electron chi connectivity index (χ0n) is 11.9. The summed E-state index contributed by atoms with van der Waals surface area (Å²) in [4.78, 5) is 14.0. The first-order valence-electron chi connectivity index (χ1n) is 7.25. The Hall–Kier alpha value is -2.75. The number of esters is 1. The maximum Gasteiger partial charge on any atom is 0.340 e. The smallest absolute Gasteiger partial charge is 0.340 e. The molecule has 0 bridgehead atoms. The van der Waals surface area contributed by atoms with Gasteiger partial charge < -0.3 is 14.1 Å². The van der Waals surface area contributed by atoms with Crippen molar-refractivity contribution in [3.63, 3.8) is 0 Å². The number of benzene rings is 1. The van der Waals surface area contributed by atoms with Gasteiger partial charge in [-0.05, 0) is 23.8 Å². The topological polar surface area (TPSA) is 42.7 Å². The van der Waals surface area contributed by atoms with Crippen molar-refractivity contribution in [2.75, 3.05) is 6.61 Å². The predicted molar refractivity (Wildman–Crippen MR) is 80.6 cm³/mol. The SMILES string of the molecule is O=C1OCC2=C1C=CC(c1ccco1)N2Cc1ccccc1. The minimum atomic E-state index is -0.248. The van der Waals surface area contributed by atoms with Crippen LogP contribution in [-0.4, -0.2) is 17.5 Å². The molecule has 4 rings (SSSR count). The molecule has 4 nitrogen and oxygen atoms in total. The largest absolute Gasteiger partial charge is 0.467 e. The maximum atomic E-state index is 11.8. The van der Waals surface area contributed by atoms with E-state index in [-0.39, 0.29) is 12.0 Å². The van der Waals surface area contributed by atoms with Crippen LogP contribution in [0.15, 0.2) is 76.6 Å². The van der Waals surface area contributed by atoms with Gasteiger partial charge >= 0.3 is 5.97 Å². The highest BCUT2D eigenvalue weighted by Gasteiger charge is 2.34. The monoisotopic (exact) mass is 293 g/mol. The van der Waals surface area contributed by atoms with E-state index in [1.54, 1.807) is 6.26 Å². The minimum Gasteiger partial charge on any atom is -0.467 e. The van der Waals surface area contributed by atoms with Crippen LogP contribution < -0.4 is 0 Å².